The van der Waals surface area contributed by atoms with E-state index >= 15 is 0 Å². The van der Waals surface area contributed by atoms with E-state index in [1.54, 1.807) is 11.7 Å². The van der Waals surface area contributed by atoms with Crippen molar-refractivity contribution in [1.82, 2.24) is 15.1 Å². The number of carboxylic acid groups (broad SMARTS) is 1. The number of halogens is 1. The first-order valence-corrected chi connectivity index (χ1v) is 6.56. The maximum Gasteiger partial charge on any atom is 0.339 e. The van der Waals surface area contributed by atoms with Crippen molar-refractivity contribution in [3.8, 4) is 0 Å². The number of carbonyl (C=O) groups is 1. The smallest absolute Gasteiger partial charge is 0.339 e. The van der Waals surface area contributed by atoms with Crippen molar-refractivity contribution in [2.75, 3.05) is 0 Å². The fourth-order valence-electron chi connectivity index (χ4n) is 1.78. The van der Waals surface area contributed by atoms with Gasteiger partial charge in [0, 0.05) is 24.6 Å². The van der Waals surface area contributed by atoms with Gasteiger partial charge in [0.25, 0.3) is 0 Å². The van der Waals surface area contributed by atoms with E-state index in [1.807, 2.05) is 24.3 Å². The van der Waals surface area contributed by atoms with Gasteiger partial charge in [-0.05, 0) is 17.7 Å². The number of hydrogen-bond donors (Lipinski definition) is 2. The third-order valence-corrected chi connectivity index (χ3v) is 3.36. The molecule has 0 amide bonds. The van der Waals surface area contributed by atoms with Crippen LogP contribution in [0.2, 0.25) is 0 Å². The Labute approximate surface area is 119 Å². The highest BCUT2D eigenvalue weighted by Crippen LogP contribution is 2.11. The van der Waals surface area contributed by atoms with Crippen LogP contribution < -0.4 is 5.32 Å². The van der Waals surface area contributed by atoms with Gasteiger partial charge >= 0.3 is 5.97 Å². The largest absolute Gasteiger partial charge is 0.478 e. The number of aromatic carboxylic acids is 1. The average molecular weight is 324 g/mol. The van der Waals surface area contributed by atoms with E-state index in [1.165, 1.54) is 6.20 Å². The first-order chi connectivity index (χ1) is 9.08. The zero-order chi connectivity index (χ0) is 13.8. The Morgan fingerprint density at radius 3 is 2.68 bits per heavy atom. The number of nitrogens with zero attached hydrogens (tertiary/aromatic N) is 2. The lowest BCUT2D eigenvalue weighted by atomic mass is 10.2. The molecular formula is C13H14BrN3O2. The summed E-state index contributed by atoms with van der Waals surface area (Å²) in [6, 6.07) is 7.98. The molecule has 19 heavy (non-hydrogen) atoms. The van der Waals surface area contributed by atoms with Crippen molar-refractivity contribution < 1.29 is 9.90 Å². The average Bonchev–Trinajstić information content (AvgIpc) is 2.74. The number of aryl methyl sites for hydroxylation is 1. The van der Waals surface area contributed by atoms with Gasteiger partial charge in [-0.2, -0.15) is 5.10 Å². The van der Waals surface area contributed by atoms with Crippen LogP contribution >= 0.6 is 15.9 Å². The third kappa shape index (κ3) is 3.42. The summed E-state index contributed by atoms with van der Waals surface area (Å²) in [5.74, 6) is -0.950. The summed E-state index contributed by atoms with van der Waals surface area (Å²) < 4.78 is 2.62. The molecule has 1 heterocycles. The summed E-state index contributed by atoms with van der Waals surface area (Å²) in [5, 5.41) is 16.2. The molecule has 0 saturated carbocycles. The molecule has 6 heteroatoms. The van der Waals surface area contributed by atoms with E-state index in [2.05, 4.69) is 26.3 Å². The molecule has 0 fully saturated rings. The number of hydrogen-bond acceptors (Lipinski definition) is 3. The van der Waals surface area contributed by atoms with Gasteiger partial charge < -0.3 is 10.4 Å². The van der Waals surface area contributed by atoms with Crippen molar-refractivity contribution >= 4 is 21.9 Å². The Balaban J connectivity index is 1.97. The van der Waals surface area contributed by atoms with Crippen LogP contribution in [-0.4, -0.2) is 20.9 Å². The van der Waals surface area contributed by atoms with Crippen molar-refractivity contribution in [3.63, 3.8) is 0 Å². The molecule has 0 unspecified atom stereocenters. The molecule has 2 rings (SSSR count). The maximum atomic E-state index is 11.0. The van der Waals surface area contributed by atoms with Crippen molar-refractivity contribution in [2.45, 2.75) is 13.1 Å². The van der Waals surface area contributed by atoms with Crippen molar-refractivity contribution in [1.29, 1.82) is 0 Å². The zero-order valence-electron chi connectivity index (χ0n) is 10.4. The molecule has 0 radical (unpaired) electrons. The molecule has 1 aromatic heterocycles. The second kappa shape index (κ2) is 5.99. The first-order valence-electron chi connectivity index (χ1n) is 5.77. The molecule has 5 nitrogen and oxygen atoms in total. The topological polar surface area (TPSA) is 67.2 Å². The monoisotopic (exact) mass is 323 g/mol. The molecule has 1 aromatic carbocycles. The molecule has 0 aliphatic carbocycles. The minimum Gasteiger partial charge on any atom is -0.478 e. The number of benzene rings is 1. The number of aromatic nitrogens is 2. The Morgan fingerprint density at radius 2 is 2.05 bits per heavy atom. The summed E-state index contributed by atoms with van der Waals surface area (Å²) in [7, 11) is 1.74. The second-order valence-electron chi connectivity index (χ2n) is 4.16. The first kappa shape index (κ1) is 13.8. The van der Waals surface area contributed by atoms with E-state index in [4.69, 9.17) is 5.11 Å². The SMILES string of the molecule is Cn1ncc(C(=O)O)c1CNCc1ccc(Br)cc1. The van der Waals surface area contributed by atoms with Gasteiger partial charge in [0.1, 0.15) is 5.56 Å². The van der Waals surface area contributed by atoms with Gasteiger partial charge in [-0.1, -0.05) is 28.1 Å². The van der Waals surface area contributed by atoms with E-state index < -0.39 is 5.97 Å². The molecular weight excluding hydrogens is 310 g/mol. The minimum atomic E-state index is -0.950. The van der Waals surface area contributed by atoms with Crippen LogP contribution in [0.25, 0.3) is 0 Å². The Morgan fingerprint density at radius 1 is 1.37 bits per heavy atom. The van der Waals surface area contributed by atoms with E-state index in [0.717, 1.165) is 10.0 Å². The highest BCUT2D eigenvalue weighted by Gasteiger charge is 2.14. The van der Waals surface area contributed by atoms with Gasteiger partial charge in [-0.3, -0.25) is 4.68 Å². The van der Waals surface area contributed by atoms with Crippen LogP contribution in [0.3, 0.4) is 0 Å². The fraction of sp³-hybridized carbons (Fsp3) is 0.231. The second-order valence-corrected chi connectivity index (χ2v) is 5.08. The Bertz CT molecular complexity index is 578. The van der Waals surface area contributed by atoms with Crippen LogP contribution in [0.5, 0.6) is 0 Å². The predicted molar refractivity (Wildman–Crippen MR) is 74.9 cm³/mol. The molecule has 0 saturated heterocycles. The van der Waals surface area contributed by atoms with Gasteiger partial charge in [0.15, 0.2) is 0 Å². The highest BCUT2D eigenvalue weighted by molar-refractivity contribution is 9.10. The molecule has 2 aromatic rings. The summed E-state index contributed by atoms with van der Waals surface area (Å²) in [6.07, 6.45) is 1.37. The van der Waals surface area contributed by atoms with Crippen LogP contribution in [0.1, 0.15) is 21.6 Å². The zero-order valence-corrected chi connectivity index (χ0v) is 12.0. The molecule has 100 valence electrons. The highest BCUT2D eigenvalue weighted by atomic mass is 79.9. The standard InChI is InChI=1S/C13H14BrN3O2/c1-17-12(11(7-16-17)13(18)19)8-15-6-9-2-4-10(14)5-3-9/h2-5,7,15H,6,8H2,1H3,(H,18,19). The summed E-state index contributed by atoms with van der Waals surface area (Å²) in [5.41, 5.74) is 2.05. The van der Waals surface area contributed by atoms with Gasteiger partial charge in [0.05, 0.1) is 11.9 Å². The molecule has 0 bridgehead atoms. The van der Waals surface area contributed by atoms with Gasteiger partial charge in [-0.15, -0.1) is 0 Å². The lowest BCUT2D eigenvalue weighted by molar-refractivity contribution is 0.0695. The van der Waals surface area contributed by atoms with Gasteiger partial charge in [-0.25, -0.2) is 4.79 Å². The van der Waals surface area contributed by atoms with Crippen LogP contribution in [0, 0.1) is 0 Å². The van der Waals surface area contributed by atoms with Gasteiger partial charge in [0.2, 0.25) is 0 Å². The molecule has 0 aliphatic heterocycles. The normalized spacial score (nSPS) is 10.6. The van der Waals surface area contributed by atoms with E-state index in [-0.39, 0.29) is 5.56 Å². The molecule has 0 spiro atoms. The van der Waals surface area contributed by atoms with E-state index in [9.17, 15) is 4.79 Å². The molecule has 0 aliphatic rings. The fourth-order valence-corrected chi connectivity index (χ4v) is 2.04. The van der Waals surface area contributed by atoms with Crippen LogP contribution in [0.15, 0.2) is 34.9 Å². The Hall–Kier alpha value is -1.66. The maximum absolute atomic E-state index is 11.0. The Kier molecular flexibility index (Phi) is 4.34. The van der Waals surface area contributed by atoms with Crippen molar-refractivity contribution in [3.05, 3.63) is 51.8 Å². The minimum absolute atomic E-state index is 0.241. The third-order valence-electron chi connectivity index (χ3n) is 2.83. The van der Waals surface area contributed by atoms with E-state index in [0.29, 0.717) is 18.8 Å². The quantitative estimate of drug-likeness (QED) is 0.885. The number of carboxylic acids is 1. The summed E-state index contributed by atoms with van der Waals surface area (Å²) >= 11 is 3.38. The lowest BCUT2D eigenvalue weighted by Crippen LogP contribution is -2.17. The number of rotatable bonds is 5. The van der Waals surface area contributed by atoms with Crippen molar-refractivity contribution in [2.24, 2.45) is 7.05 Å². The predicted octanol–water partition coefficient (Wildman–Crippen LogP) is 2.17. The molecule has 0 atom stereocenters. The number of nitrogens with one attached hydrogen (secondary N) is 1. The lowest BCUT2D eigenvalue weighted by Gasteiger charge is -2.07. The van der Waals surface area contributed by atoms with Crippen LogP contribution in [0.4, 0.5) is 0 Å². The van der Waals surface area contributed by atoms with Crippen LogP contribution in [-0.2, 0) is 20.1 Å². The summed E-state index contributed by atoms with van der Waals surface area (Å²) in [6.45, 7) is 1.14. The summed E-state index contributed by atoms with van der Waals surface area (Å²) in [4.78, 5) is 11.0. The molecule has 2 N–H and O–H groups in total.